The fourth-order valence-electron chi connectivity index (χ4n) is 3.63. The standard InChI is InChI=1S/C12H24N2/c1-5-6-14-9-11(2)7-13(4)8-12(11,3)10-14/h5-10H2,1-4H3. The summed E-state index contributed by atoms with van der Waals surface area (Å²) in [5.41, 5.74) is 1.08. The van der Waals surface area contributed by atoms with Crippen LogP contribution in [0.1, 0.15) is 27.2 Å². The van der Waals surface area contributed by atoms with Gasteiger partial charge in [0.05, 0.1) is 0 Å². The van der Waals surface area contributed by atoms with Gasteiger partial charge in [0.15, 0.2) is 0 Å². The summed E-state index contributed by atoms with van der Waals surface area (Å²) in [6, 6.07) is 0. The van der Waals surface area contributed by atoms with E-state index < -0.39 is 0 Å². The minimum absolute atomic E-state index is 0.539. The summed E-state index contributed by atoms with van der Waals surface area (Å²) < 4.78 is 0. The van der Waals surface area contributed by atoms with E-state index in [2.05, 4.69) is 37.6 Å². The molecule has 0 bridgehead atoms. The molecule has 0 radical (unpaired) electrons. The van der Waals surface area contributed by atoms with Gasteiger partial charge in [-0.1, -0.05) is 20.8 Å². The molecular formula is C12H24N2. The molecule has 0 aliphatic carbocycles. The third-order valence-electron chi connectivity index (χ3n) is 4.38. The average Bonchev–Trinajstić information content (AvgIpc) is 2.33. The van der Waals surface area contributed by atoms with Gasteiger partial charge in [-0.05, 0) is 20.0 Å². The van der Waals surface area contributed by atoms with Gasteiger partial charge in [-0.3, -0.25) is 0 Å². The van der Waals surface area contributed by atoms with E-state index in [9.17, 15) is 0 Å². The van der Waals surface area contributed by atoms with Crippen molar-refractivity contribution in [3.8, 4) is 0 Å². The van der Waals surface area contributed by atoms with Crippen molar-refractivity contribution in [3.05, 3.63) is 0 Å². The van der Waals surface area contributed by atoms with Gasteiger partial charge >= 0.3 is 0 Å². The Morgan fingerprint density at radius 1 is 1.00 bits per heavy atom. The first-order chi connectivity index (χ1) is 6.49. The molecule has 2 aliphatic rings. The molecule has 2 unspecified atom stereocenters. The van der Waals surface area contributed by atoms with E-state index in [1.165, 1.54) is 39.1 Å². The fourth-order valence-corrected chi connectivity index (χ4v) is 3.63. The lowest BCUT2D eigenvalue weighted by Gasteiger charge is -2.31. The summed E-state index contributed by atoms with van der Waals surface area (Å²) in [7, 11) is 2.26. The molecule has 2 fully saturated rings. The third kappa shape index (κ3) is 1.40. The molecule has 2 heterocycles. The van der Waals surface area contributed by atoms with Crippen molar-refractivity contribution in [2.24, 2.45) is 10.8 Å². The van der Waals surface area contributed by atoms with E-state index in [1.807, 2.05) is 0 Å². The number of nitrogens with zero attached hydrogens (tertiary/aromatic N) is 2. The molecule has 2 rings (SSSR count). The Balaban J connectivity index is 2.11. The van der Waals surface area contributed by atoms with E-state index in [1.54, 1.807) is 0 Å². The molecule has 0 aromatic carbocycles. The molecule has 2 aliphatic heterocycles. The summed E-state index contributed by atoms with van der Waals surface area (Å²) in [4.78, 5) is 5.16. The zero-order valence-electron chi connectivity index (χ0n) is 10.1. The van der Waals surface area contributed by atoms with Crippen LogP contribution in [0.5, 0.6) is 0 Å². The highest BCUT2D eigenvalue weighted by atomic mass is 15.3. The number of hydrogen-bond acceptors (Lipinski definition) is 2. The Hall–Kier alpha value is -0.0800. The highest BCUT2D eigenvalue weighted by molar-refractivity contribution is 5.08. The predicted octanol–water partition coefficient (Wildman–Crippen LogP) is 1.67. The smallest absolute Gasteiger partial charge is 0.00540 e. The number of fused-ring (bicyclic) bond motifs is 1. The zero-order valence-corrected chi connectivity index (χ0v) is 10.1. The van der Waals surface area contributed by atoms with Crippen molar-refractivity contribution in [3.63, 3.8) is 0 Å². The second-order valence-electron chi connectivity index (χ2n) is 6.00. The molecule has 0 saturated carbocycles. The van der Waals surface area contributed by atoms with Crippen LogP contribution < -0.4 is 0 Å². The van der Waals surface area contributed by atoms with Crippen molar-refractivity contribution in [2.75, 3.05) is 39.8 Å². The van der Waals surface area contributed by atoms with Crippen LogP contribution >= 0.6 is 0 Å². The third-order valence-corrected chi connectivity index (χ3v) is 4.38. The molecule has 2 saturated heterocycles. The normalized spacial score (nSPS) is 44.6. The minimum atomic E-state index is 0.539. The Kier molecular flexibility index (Phi) is 2.39. The van der Waals surface area contributed by atoms with Crippen LogP contribution in [0.2, 0.25) is 0 Å². The minimum Gasteiger partial charge on any atom is -0.305 e. The van der Waals surface area contributed by atoms with Crippen LogP contribution in [0.4, 0.5) is 0 Å². The van der Waals surface area contributed by atoms with Gasteiger partial charge in [0.1, 0.15) is 0 Å². The molecule has 0 aromatic heterocycles. The van der Waals surface area contributed by atoms with Gasteiger partial charge in [-0.15, -0.1) is 0 Å². The molecule has 0 aromatic rings. The topological polar surface area (TPSA) is 6.48 Å². The van der Waals surface area contributed by atoms with E-state index in [4.69, 9.17) is 0 Å². The second kappa shape index (κ2) is 3.21. The summed E-state index contributed by atoms with van der Waals surface area (Å²) in [5.74, 6) is 0. The quantitative estimate of drug-likeness (QED) is 0.663. The van der Waals surface area contributed by atoms with E-state index in [0.29, 0.717) is 10.8 Å². The summed E-state index contributed by atoms with van der Waals surface area (Å²) >= 11 is 0. The van der Waals surface area contributed by atoms with Crippen LogP contribution in [0, 0.1) is 10.8 Å². The van der Waals surface area contributed by atoms with Crippen LogP contribution in [0.15, 0.2) is 0 Å². The molecule has 0 amide bonds. The predicted molar refractivity (Wildman–Crippen MR) is 60.4 cm³/mol. The Morgan fingerprint density at radius 2 is 1.50 bits per heavy atom. The first kappa shape index (κ1) is 10.4. The Morgan fingerprint density at radius 3 is 1.93 bits per heavy atom. The maximum absolute atomic E-state index is 2.66. The Labute approximate surface area is 88.3 Å². The maximum Gasteiger partial charge on any atom is 0.00540 e. The van der Waals surface area contributed by atoms with Crippen LogP contribution in [-0.4, -0.2) is 49.6 Å². The zero-order chi connectivity index (χ0) is 10.4. The molecule has 14 heavy (non-hydrogen) atoms. The summed E-state index contributed by atoms with van der Waals surface area (Å²) in [6.45, 7) is 13.7. The number of rotatable bonds is 2. The van der Waals surface area contributed by atoms with Crippen molar-refractivity contribution < 1.29 is 0 Å². The lowest BCUT2D eigenvalue weighted by molar-refractivity contribution is 0.212. The van der Waals surface area contributed by atoms with E-state index in [-0.39, 0.29) is 0 Å². The number of likely N-dealkylation sites (tertiary alicyclic amines) is 2. The van der Waals surface area contributed by atoms with Gasteiger partial charge < -0.3 is 9.80 Å². The molecule has 2 heteroatoms. The largest absolute Gasteiger partial charge is 0.305 e. The first-order valence-corrected chi connectivity index (χ1v) is 5.90. The van der Waals surface area contributed by atoms with Gasteiger partial charge in [0.25, 0.3) is 0 Å². The van der Waals surface area contributed by atoms with Crippen LogP contribution in [0.3, 0.4) is 0 Å². The fraction of sp³-hybridized carbons (Fsp3) is 1.00. The van der Waals surface area contributed by atoms with E-state index in [0.717, 1.165) is 0 Å². The lowest BCUT2D eigenvalue weighted by Crippen LogP contribution is -2.34. The lowest BCUT2D eigenvalue weighted by atomic mass is 9.71. The monoisotopic (exact) mass is 196 g/mol. The second-order valence-corrected chi connectivity index (χ2v) is 6.00. The summed E-state index contributed by atoms with van der Waals surface area (Å²) in [6.07, 6.45) is 1.29. The van der Waals surface area contributed by atoms with E-state index >= 15 is 0 Å². The highest BCUT2D eigenvalue weighted by Gasteiger charge is 2.56. The first-order valence-electron chi connectivity index (χ1n) is 5.90. The van der Waals surface area contributed by atoms with Gasteiger partial charge in [0, 0.05) is 37.0 Å². The van der Waals surface area contributed by atoms with Crippen LogP contribution in [-0.2, 0) is 0 Å². The molecule has 0 N–H and O–H groups in total. The Bertz CT molecular complexity index is 208. The summed E-state index contributed by atoms with van der Waals surface area (Å²) in [5, 5.41) is 0. The highest BCUT2D eigenvalue weighted by Crippen LogP contribution is 2.50. The molecule has 82 valence electrons. The van der Waals surface area contributed by atoms with Gasteiger partial charge in [-0.2, -0.15) is 0 Å². The van der Waals surface area contributed by atoms with Crippen molar-refractivity contribution in [2.45, 2.75) is 27.2 Å². The van der Waals surface area contributed by atoms with Gasteiger partial charge in [-0.25, -0.2) is 0 Å². The number of hydrogen-bond donors (Lipinski definition) is 0. The van der Waals surface area contributed by atoms with Crippen molar-refractivity contribution in [1.29, 1.82) is 0 Å². The SMILES string of the molecule is CCCN1CC2(C)CN(C)CC2(C)C1. The van der Waals surface area contributed by atoms with Crippen molar-refractivity contribution >= 4 is 0 Å². The van der Waals surface area contributed by atoms with Crippen LogP contribution in [0.25, 0.3) is 0 Å². The van der Waals surface area contributed by atoms with Gasteiger partial charge in [0.2, 0.25) is 0 Å². The maximum atomic E-state index is 2.66. The molecule has 2 nitrogen and oxygen atoms in total. The molecule has 0 spiro atoms. The molecular weight excluding hydrogens is 172 g/mol. The van der Waals surface area contributed by atoms with Crippen molar-refractivity contribution in [1.82, 2.24) is 9.80 Å². The average molecular weight is 196 g/mol. The molecule has 2 atom stereocenters.